The van der Waals surface area contributed by atoms with E-state index in [1.54, 1.807) is 14.0 Å². The topological polar surface area (TPSA) is 55.8 Å². The van der Waals surface area contributed by atoms with E-state index in [0.29, 0.717) is 5.75 Å². The third-order valence-electron chi connectivity index (χ3n) is 3.81. The van der Waals surface area contributed by atoms with Crippen molar-refractivity contribution in [3.8, 4) is 5.75 Å². The van der Waals surface area contributed by atoms with E-state index in [-0.39, 0.29) is 12.5 Å². The van der Waals surface area contributed by atoms with Gasteiger partial charge in [0.05, 0.1) is 0 Å². The van der Waals surface area contributed by atoms with Gasteiger partial charge in [-0.2, -0.15) is 0 Å². The molecule has 5 heteroatoms. The maximum atomic E-state index is 12.4. The lowest BCUT2D eigenvalue weighted by atomic mass is 10.1. The Kier molecular flexibility index (Phi) is 6.17. The van der Waals surface area contributed by atoms with Gasteiger partial charge >= 0.3 is 5.97 Å². The van der Waals surface area contributed by atoms with Crippen molar-refractivity contribution in [2.45, 2.75) is 26.9 Å². The number of carbonyl (C=O) groups is 2. The first-order valence-corrected chi connectivity index (χ1v) is 8.10. The zero-order chi connectivity index (χ0) is 18.4. The van der Waals surface area contributed by atoms with Crippen LogP contribution in [0.1, 0.15) is 18.1 Å². The van der Waals surface area contributed by atoms with Gasteiger partial charge in [-0.05, 0) is 44.5 Å². The largest absolute Gasteiger partial charge is 0.482 e. The standard InChI is InChI=1S/C20H23NO4/c1-14-10-11-18(15(2)12-14)24-13-19(22)25-16(3)20(23)21(4)17-8-6-5-7-9-17/h5-12,16H,13H2,1-4H3/t16-/m1/s1. The van der Waals surface area contributed by atoms with Crippen LogP contribution in [0.2, 0.25) is 0 Å². The van der Waals surface area contributed by atoms with Gasteiger partial charge in [0, 0.05) is 12.7 Å². The van der Waals surface area contributed by atoms with E-state index < -0.39 is 12.1 Å². The molecule has 0 unspecified atom stereocenters. The van der Waals surface area contributed by atoms with Gasteiger partial charge in [-0.3, -0.25) is 4.79 Å². The minimum Gasteiger partial charge on any atom is -0.482 e. The summed E-state index contributed by atoms with van der Waals surface area (Å²) in [7, 11) is 1.65. The predicted octanol–water partition coefficient (Wildman–Crippen LogP) is 3.28. The number of carbonyl (C=O) groups excluding carboxylic acids is 2. The van der Waals surface area contributed by atoms with Crippen LogP contribution >= 0.6 is 0 Å². The van der Waals surface area contributed by atoms with Crippen LogP contribution in [-0.4, -0.2) is 31.6 Å². The summed E-state index contributed by atoms with van der Waals surface area (Å²) in [5.74, 6) is -0.253. The van der Waals surface area contributed by atoms with Crippen LogP contribution in [0.4, 0.5) is 5.69 Å². The molecule has 0 heterocycles. The van der Waals surface area contributed by atoms with Crippen LogP contribution < -0.4 is 9.64 Å². The molecule has 25 heavy (non-hydrogen) atoms. The molecule has 1 amide bonds. The molecule has 0 aliphatic rings. The molecule has 0 bridgehead atoms. The Hall–Kier alpha value is -2.82. The summed E-state index contributed by atoms with van der Waals surface area (Å²) >= 11 is 0. The number of likely N-dealkylation sites (N-methyl/N-ethyl adjacent to an activating group) is 1. The van der Waals surface area contributed by atoms with Crippen molar-refractivity contribution in [1.29, 1.82) is 0 Å². The molecule has 5 nitrogen and oxygen atoms in total. The van der Waals surface area contributed by atoms with Crippen molar-refractivity contribution in [3.63, 3.8) is 0 Å². The molecule has 132 valence electrons. The number of esters is 1. The highest BCUT2D eigenvalue weighted by molar-refractivity contribution is 5.96. The molecule has 0 N–H and O–H groups in total. The fourth-order valence-corrected chi connectivity index (χ4v) is 2.43. The Bertz CT molecular complexity index is 743. The normalized spacial score (nSPS) is 11.5. The number of hydrogen-bond donors (Lipinski definition) is 0. The summed E-state index contributed by atoms with van der Waals surface area (Å²) in [6, 6.07) is 14.9. The van der Waals surface area contributed by atoms with Crippen LogP contribution in [0.25, 0.3) is 0 Å². The van der Waals surface area contributed by atoms with Gasteiger partial charge in [0.2, 0.25) is 0 Å². The van der Waals surface area contributed by atoms with Crippen LogP contribution in [-0.2, 0) is 14.3 Å². The number of ether oxygens (including phenoxy) is 2. The Labute approximate surface area is 148 Å². The van der Waals surface area contributed by atoms with Gasteiger partial charge in [-0.25, -0.2) is 4.79 Å². The first-order chi connectivity index (χ1) is 11.9. The molecule has 0 fully saturated rings. The number of aryl methyl sites for hydroxylation is 2. The van der Waals surface area contributed by atoms with Crippen LogP contribution in [0, 0.1) is 13.8 Å². The van der Waals surface area contributed by atoms with Gasteiger partial charge in [-0.1, -0.05) is 35.9 Å². The van der Waals surface area contributed by atoms with Gasteiger partial charge < -0.3 is 14.4 Å². The molecule has 0 saturated carbocycles. The van der Waals surface area contributed by atoms with Crippen molar-refractivity contribution >= 4 is 17.6 Å². The molecule has 2 aromatic carbocycles. The highest BCUT2D eigenvalue weighted by atomic mass is 16.6. The van der Waals surface area contributed by atoms with E-state index in [0.717, 1.165) is 16.8 Å². The molecule has 2 aromatic rings. The van der Waals surface area contributed by atoms with E-state index in [1.807, 2.05) is 62.4 Å². The lowest BCUT2D eigenvalue weighted by Crippen LogP contribution is -2.38. The van der Waals surface area contributed by atoms with Crippen molar-refractivity contribution in [1.82, 2.24) is 0 Å². The molecule has 0 saturated heterocycles. The number of hydrogen-bond acceptors (Lipinski definition) is 4. The van der Waals surface area contributed by atoms with Gasteiger partial charge in [0.25, 0.3) is 5.91 Å². The van der Waals surface area contributed by atoms with Crippen molar-refractivity contribution < 1.29 is 19.1 Å². The third kappa shape index (κ3) is 5.08. The Morgan fingerprint density at radius 2 is 1.76 bits per heavy atom. The fraction of sp³-hybridized carbons (Fsp3) is 0.300. The molecular weight excluding hydrogens is 318 g/mol. The second kappa shape index (κ2) is 8.33. The number of para-hydroxylation sites is 1. The van der Waals surface area contributed by atoms with Crippen LogP contribution in [0.3, 0.4) is 0 Å². The van der Waals surface area contributed by atoms with Crippen LogP contribution in [0.15, 0.2) is 48.5 Å². The molecular formula is C20H23NO4. The SMILES string of the molecule is Cc1ccc(OCC(=O)O[C@H](C)C(=O)N(C)c2ccccc2)c(C)c1. The first-order valence-electron chi connectivity index (χ1n) is 8.10. The average Bonchev–Trinajstić information content (AvgIpc) is 2.60. The fourth-order valence-electron chi connectivity index (χ4n) is 2.43. The maximum absolute atomic E-state index is 12.4. The predicted molar refractivity (Wildman–Crippen MR) is 96.8 cm³/mol. The van der Waals surface area contributed by atoms with Crippen molar-refractivity contribution in [2.75, 3.05) is 18.6 Å². The number of anilines is 1. The summed E-state index contributed by atoms with van der Waals surface area (Å²) in [5.41, 5.74) is 2.80. The smallest absolute Gasteiger partial charge is 0.344 e. The van der Waals surface area contributed by atoms with Crippen molar-refractivity contribution in [3.05, 3.63) is 59.7 Å². The number of nitrogens with zero attached hydrogens (tertiary/aromatic N) is 1. The molecule has 0 aliphatic heterocycles. The van der Waals surface area contributed by atoms with Crippen molar-refractivity contribution in [2.24, 2.45) is 0 Å². The monoisotopic (exact) mass is 341 g/mol. The molecule has 0 radical (unpaired) electrons. The molecule has 0 aromatic heterocycles. The highest BCUT2D eigenvalue weighted by Gasteiger charge is 2.22. The Balaban J connectivity index is 1.88. The second-order valence-electron chi connectivity index (χ2n) is 5.92. The maximum Gasteiger partial charge on any atom is 0.344 e. The lowest BCUT2D eigenvalue weighted by molar-refractivity contribution is -0.155. The third-order valence-corrected chi connectivity index (χ3v) is 3.81. The summed E-state index contributed by atoms with van der Waals surface area (Å²) in [5, 5.41) is 0. The lowest BCUT2D eigenvalue weighted by Gasteiger charge is -2.21. The number of amides is 1. The van der Waals surface area contributed by atoms with E-state index in [4.69, 9.17) is 9.47 Å². The van der Waals surface area contributed by atoms with Crippen LogP contribution in [0.5, 0.6) is 5.75 Å². The van der Waals surface area contributed by atoms with E-state index in [9.17, 15) is 9.59 Å². The van der Waals surface area contributed by atoms with Gasteiger partial charge in [0.1, 0.15) is 5.75 Å². The zero-order valence-electron chi connectivity index (χ0n) is 15.0. The van der Waals surface area contributed by atoms with Gasteiger partial charge in [0.15, 0.2) is 12.7 Å². The molecule has 0 aliphatic carbocycles. The molecule has 0 spiro atoms. The summed E-state index contributed by atoms with van der Waals surface area (Å²) < 4.78 is 10.7. The Morgan fingerprint density at radius 3 is 2.40 bits per heavy atom. The summed E-state index contributed by atoms with van der Waals surface area (Å²) in [6.45, 7) is 5.21. The summed E-state index contributed by atoms with van der Waals surface area (Å²) in [4.78, 5) is 25.8. The van der Waals surface area contributed by atoms with E-state index in [1.165, 1.54) is 4.90 Å². The minimum atomic E-state index is -0.888. The Morgan fingerprint density at radius 1 is 1.08 bits per heavy atom. The van der Waals surface area contributed by atoms with Gasteiger partial charge in [-0.15, -0.1) is 0 Å². The second-order valence-corrected chi connectivity index (χ2v) is 5.92. The molecule has 2 rings (SSSR count). The minimum absolute atomic E-state index is 0.240. The van der Waals surface area contributed by atoms with E-state index in [2.05, 4.69) is 0 Å². The number of rotatable bonds is 6. The first kappa shape index (κ1) is 18.5. The molecule has 1 atom stereocenters. The average molecular weight is 341 g/mol. The quantitative estimate of drug-likeness (QED) is 0.757. The number of benzene rings is 2. The highest BCUT2D eigenvalue weighted by Crippen LogP contribution is 2.19. The summed E-state index contributed by atoms with van der Waals surface area (Å²) in [6.07, 6.45) is -0.888. The zero-order valence-corrected chi connectivity index (χ0v) is 15.0. The van der Waals surface area contributed by atoms with E-state index >= 15 is 0 Å².